The molecule has 0 radical (unpaired) electrons. The highest BCUT2D eigenvalue weighted by Crippen LogP contribution is 2.19. The molecule has 1 aromatic heterocycles. The first-order chi connectivity index (χ1) is 14.3. The van der Waals surface area contributed by atoms with E-state index in [0.717, 1.165) is 62.5 Å². The molecule has 0 atom stereocenters. The fourth-order valence-electron chi connectivity index (χ4n) is 3.67. The number of rotatable bonds is 6. The molecule has 8 heteroatoms. The van der Waals surface area contributed by atoms with Gasteiger partial charge >= 0.3 is 6.03 Å². The summed E-state index contributed by atoms with van der Waals surface area (Å²) < 4.78 is 2.09. The molecular weight excluding hydrogens is 380 g/mol. The Kier molecular flexibility index (Phi) is 6.97. The molecule has 30 heavy (non-hydrogen) atoms. The van der Waals surface area contributed by atoms with Crippen molar-refractivity contribution >= 4 is 23.0 Å². The molecule has 3 amide bonds. The molecule has 2 heterocycles. The second-order valence-electron chi connectivity index (χ2n) is 8.67. The highest BCUT2D eigenvalue weighted by atomic mass is 16.2. The Bertz CT molecular complexity index is 896. The van der Waals surface area contributed by atoms with Gasteiger partial charge in [-0.1, -0.05) is 13.8 Å². The van der Waals surface area contributed by atoms with Gasteiger partial charge in [-0.15, -0.1) is 0 Å². The molecule has 164 valence electrons. The van der Waals surface area contributed by atoms with Crippen molar-refractivity contribution in [2.24, 2.45) is 13.0 Å². The summed E-state index contributed by atoms with van der Waals surface area (Å²) in [5.41, 5.74) is 2.50. The zero-order valence-corrected chi connectivity index (χ0v) is 18.8. The van der Waals surface area contributed by atoms with Crippen molar-refractivity contribution in [3.05, 3.63) is 29.6 Å². The van der Waals surface area contributed by atoms with Crippen molar-refractivity contribution in [3.63, 3.8) is 0 Å². The number of imidazole rings is 1. The van der Waals surface area contributed by atoms with E-state index in [1.54, 1.807) is 19.0 Å². The van der Waals surface area contributed by atoms with E-state index >= 15 is 0 Å². The number of benzene rings is 1. The minimum absolute atomic E-state index is 0.0214. The number of fused-ring (bicyclic) bond motifs is 1. The van der Waals surface area contributed by atoms with Gasteiger partial charge in [0.1, 0.15) is 5.82 Å². The van der Waals surface area contributed by atoms with Crippen LogP contribution in [0.2, 0.25) is 0 Å². The van der Waals surface area contributed by atoms with Crippen molar-refractivity contribution in [1.29, 1.82) is 0 Å². The number of urea groups is 1. The summed E-state index contributed by atoms with van der Waals surface area (Å²) in [6.45, 7) is 8.87. The Morgan fingerprint density at radius 2 is 1.87 bits per heavy atom. The van der Waals surface area contributed by atoms with Gasteiger partial charge < -0.3 is 19.7 Å². The Morgan fingerprint density at radius 3 is 2.50 bits per heavy atom. The zero-order valence-electron chi connectivity index (χ0n) is 18.8. The number of aromatic nitrogens is 2. The summed E-state index contributed by atoms with van der Waals surface area (Å²) in [5.74, 6) is 1.54. The maximum Gasteiger partial charge on any atom is 0.317 e. The lowest BCUT2D eigenvalue weighted by molar-refractivity contribution is 0.0827. The Balaban J connectivity index is 1.59. The van der Waals surface area contributed by atoms with Gasteiger partial charge in [0, 0.05) is 59.4 Å². The van der Waals surface area contributed by atoms with Crippen molar-refractivity contribution in [3.8, 4) is 0 Å². The molecule has 1 aromatic carbocycles. The summed E-state index contributed by atoms with van der Waals surface area (Å²) in [6, 6.07) is 5.71. The number of aryl methyl sites for hydroxylation is 1. The van der Waals surface area contributed by atoms with Gasteiger partial charge in [0.2, 0.25) is 0 Å². The van der Waals surface area contributed by atoms with E-state index in [-0.39, 0.29) is 11.9 Å². The summed E-state index contributed by atoms with van der Waals surface area (Å²) in [6.07, 6.45) is 1.00. The SMILES string of the molecule is CC(C)CCNC(=O)N1CCN(Cc2nc3cc(C(=O)N(C)C)ccc3n2C)CC1. The fourth-order valence-corrected chi connectivity index (χ4v) is 3.67. The molecule has 1 fully saturated rings. The van der Waals surface area contributed by atoms with Gasteiger partial charge in [0.05, 0.1) is 17.6 Å². The standard InChI is InChI=1S/C22H34N6O2/c1-16(2)8-9-23-22(30)28-12-10-27(11-13-28)15-20-24-18-14-17(21(29)25(3)4)6-7-19(18)26(20)5/h6-7,14,16H,8-13,15H2,1-5H3,(H,23,30). The van der Waals surface area contributed by atoms with Crippen LogP contribution in [0.1, 0.15) is 36.5 Å². The Hall–Kier alpha value is -2.61. The third-order valence-corrected chi connectivity index (χ3v) is 5.65. The van der Waals surface area contributed by atoms with Gasteiger partial charge in [0.15, 0.2) is 0 Å². The maximum atomic E-state index is 12.3. The zero-order chi connectivity index (χ0) is 21.8. The summed E-state index contributed by atoms with van der Waals surface area (Å²) in [5, 5.41) is 3.02. The van der Waals surface area contributed by atoms with Gasteiger partial charge in [-0.05, 0) is 30.5 Å². The van der Waals surface area contributed by atoms with Crippen LogP contribution in [0.3, 0.4) is 0 Å². The van der Waals surface area contributed by atoms with E-state index in [1.165, 1.54) is 0 Å². The van der Waals surface area contributed by atoms with E-state index in [9.17, 15) is 9.59 Å². The van der Waals surface area contributed by atoms with Crippen molar-refractivity contribution in [1.82, 2.24) is 29.6 Å². The Morgan fingerprint density at radius 1 is 1.17 bits per heavy atom. The lowest BCUT2D eigenvalue weighted by Crippen LogP contribution is -2.51. The van der Waals surface area contributed by atoms with Crippen LogP contribution in [0.25, 0.3) is 11.0 Å². The van der Waals surface area contributed by atoms with E-state index in [4.69, 9.17) is 4.98 Å². The molecule has 3 rings (SSSR count). The Labute approximate surface area is 178 Å². The second-order valence-corrected chi connectivity index (χ2v) is 8.67. The lowest BCUT2D eigenvalue weighted by atomic mass is 10.1. The molecule has 0 saturated carbocycles. The number of amides is 3. The van der Waals surface area contributed by atoms with Gasteiger partial charge in [0.25, 0.3) is 5.91 Å². The van der Waals surface area contributed by atoms with Crippen LogP contribution in [0.15, 0.2) is 18.2 Å². The van der Waals surface area contributed by atoms with Crippen LogP contribution >= 0.6 is 0 Å². The first-order valence-corrected chi connectivity index (χ1v) is 10.7. The number of hydrogen-bond donors (Lipinski definition) is 1. The average Bonchev–Trinajstić information content (AvgIpc) is 3.02. The minimum atomic E-state index is -0.0214. The van der Waals surface area contributed by atoms with Crippen LogP contribution in [0.5, 0.6) is 0 Å². The smallest absolute Gasteiger partial charge is 0.317 e. The molecule has 2 aromatic rings. The molecule has 8 nitrogen and oxygen atoms in total. The molecular formula is C22H34N6O2. The molecule has 0 unspecified atom stereocenters. The van der Waals surface area contributed by atoms with E-state index in [1.807, 2.05) is 30.1 Å². The third-order valence-electron chi connectivity index (χ3n) is 5.65. The first kappa shape index (κ1) is 22.1. The van der Waals surface area contributed by atoms with Crippen LogP contribution in [-0.4, -0.2) is 83.0 Å². The van der Waals surface area contributed by atoms with Crippen LogP contribution < -0.4 is 5.32 Å². The largest absolute Gasteiger partial charge is 0.345 e. The normalized spacial score (nSPS) is 15.1. The number of carbonyl (C=O) groups excluding carboxylic acids is 2. The second kappa shape index (κ2) is 9.47. The minimum Gasteiger partial charge on any atom is -0.345 e. The lowest BCUT2D eigenvalue weighted by Gasteiger charge is -2.34. The molecule has 0 aliphatic carbocycles. The number of piperazine rings is 1. The number of hydrogen-bond acceptors (Lipinski definition) is 4. The van der Waals surface area contributed by atoms with Crippen molar-refractivity contribution in [2.75, 3.05) is 46.8 Å². The number of carbonyl (C=O) groups is 2. The summed E-state index contributed by atoms with van der Waals surface area (Å²) >= 11 is 0. The topological polar surface area (TPSA) is 73.7 Å². The van der Waals surface area contributed by atoms with Gasteiger partial charge in [-0.2, -0.15) is 0 Å². The fraction of sp³-hybridized carbons (Fsp3) is 0.591. The molecule has 1 aliphatic heterocycles. The molecule has 0 bridgehead atoms. The monoisotopic (exact) mass is 414 g/mol. The first-order valence-electron chi connectivity index (χ1n) is 10.7. The van der Waals surface area contributed by atoms with Gasteiger partial charge in [-0.25, -0.2) is 9.78 Å². The summed E-state index contributed by atoms with van der Waals surface area (Å²) in [4.78, 5) is 35.1. The van der Waals surface area contributed by atoms with Crippen LogP contribution in [0, 0.1) is 5.92 Å². The van der Waals surface area contributed by atoms with Crippen molar-refractivity contribution in [2.45, 2.75) is 26.8 Å². The predicted molar refractivity (Wildman–Crippen MR) is 118 cm³/mol. The van der Waals surface area contributed by atoms with Crippen LogP contribution in [0.4, 0.5) is 4.79 Å². The highest BCUT2D eigenvalue weighted by molar-refractivity contribution is 5.97. The highest BCUT2D eigenvalue weighted by Gasteiger charge is 2.22. The van der Waals surface area contributed by atoms with E-state index in [2.05, 4.69) is 28.6 Å². The van der Waals surface area contributed by atoms with E-state index in [0.29, 0.717) is 11.5 Å². The van der Waals surface area contributed by atoms with Gasteiger partial charge in [-0.3, -0.25) is 9.69 Å². The number of nitrogens with zero attached hydrogens (tertiary/aromatic N) is 5. The van der Waals surface area contributed by atoms with Crippen LogP contribution in [-0.2, 0) is 13.6 Å². The maximum absolute atomic E-state index is 12.3. The average molecular weight is 415 g/mol. The van der Waals surface area contributed by atoms with Crippen molar-refractivity contribution < 1.29 is 9.59 Å². The third kappa shape index (κ3) is 5.11. The van der Waals surface area contributed by atoms with E-state index < -0.39 is 0 Å². The molecule has 1 saturated heterocycles. The number of nitrogens with one attached hydrogen (secondary N) is 1. The molecule has 1 aliphatic rings. The molecule has 1 N–H and O–H groups in total. The predicted octanol–water partition coefficient (Wildman–Crippen LogP) is 2.15. The summed E-state index contributed by atoms with van der Waals surface area (Å²) in [7, 11) is 5.51. The molecule has 0 spiro atoms. The quantitative estimate of drug-likeness (QED) is 0.786.